The van der Waals surface area contributed by atoms with E-state index in [4.69, 9.17) is 4.42 Å². The van der Waals surface area contributed by atoms with Crippen LogP contribution in [0.1, 0.15) is 23.3 Å². The highest BCUT2D eigenvalue weighted by Crippen LogP contribution is 2.28. The number of anilines is 1. The molecule has 2 aromatic heterocycles. The first kappa shape index (κ1) is 15.1. The van der Waals surface area contributed by atoms with Crippen molar-refractivity contribution in [2.75, 3.05) is 31.6 Å². The number of hydrogen-bond donors (Lipinski definition) is 1. The normalized spacial score (nSPS) is 25.6. The Morgan fingerprint density at radius 2 is 2.21 bits per heavy atom. The molecule has 0 spiro atoms. The molecular formula is C17H20N4O3. The van der Waals surface area contributed by atoms with Crippen molar-refractivity contribution in [3.05, 3.63) is 24.0 Å². The molecule has 126 valence electrons. The van der Waals surface area contributed by atoms with E-state index in [-0.39, 0.29) is 11.9 Å². The molecule has 2 aromatic rings. The lowest BCUT2D eigenvalue weighted by Crippen LogP contribution is -2.57. The van der Waals surface area contributed by atoms with Crippen molar-refractivity contribution in [3.8, 4) is 0 Å². The molecule has 2 bridgehead atoms. The molecule has 3 saturated heterocycles. The van der Waals surface area contributed by atoms with Crippen LogP contribution in [0.15, 0.2) is 22.7 Å². The van der Waals surface area contributed by atoms with Gasteiger partial charge in [0.25, 0.3) is 5.91 Å². The highest BCUT2D eigenvalue weighted by atomic mass is 16.4. The summed E-state index contributed by atoms with van der Waals surface area (Å²) in [5.74, 6) is 0.827. The Kier molecular flexibility index (Phi) is 3.72. The zero-order chi connectivity index (χ0) is 16.7. The number of rotatable bonds is 4. The molecule has 5 rings (SSSR count). The Morgan fingerprint density at radius 3 is 2.88 bits per heavy atom. The first-order valence-corrected chi connectivity index (χ1v) is 8.25. The molecule has 3 aliphatic heterocycles. The first-order valence-electron chi connectivity index (χ1n) is 8.25. The van der Waals surface area contributed by atoms with Gasteiger partial charge in [0.15, 0.2) is 0 Å². The van der Waals surface area contributed by atoms with Crippen molar-refractivity contribution in [2.45, 2.75) is 18.9 Å². The highest BCUT2D eigenvalue weighted by Gasteiger charge is 2.35. The van der Waals surface area contributed by atoms with Gasteiger partial charge in [-0.25, -0.2) is 0 Å². The third kappa shape index (κ3) is 2.65. The molecule has 0 aromatic carbocycles. The number of piperidine rings is 3. The summed E-state index contributed by atoms with van der Waals surface area (Å²) in [6.07, 6.45) is 4.58. The molecule has 0 saturated carbocycles. The monoisotopic (exact) mass is 328 g/mol. The Hall–Kier alpha value is -2.41. The summed E-state index contributed by atoms with van der Waals surface area (Å²) in [5.41, 5.74) is 0.890. The van der Waals surface area contributed by atoms with E-state index in [1.54, 1.807) is 25.4 Å². The Morgan fingerprint density at radius 1 is 1.42 bits per heavy atom. The largest absolute Gasteiger partial charge is 0.440 e. The van der Waals surface area contributed by atoms with Gasteiger partial charge in [-0.05, 0) is 31.8 Å². The standard InChI is InChI=1S/C17H20N4O3/c1-20(10-22)16-6-12-8-18-13(7-15(12)24-16)17(23)19-14-9-21-4-2-11(14)3-5-21/h6-8,10-11,14H,2-5,9H2,1H3,(H,19,23). The third-order valence-electron chi connectivity index (χ3n) is 5.10. The van der Waals surface area contributed by atoms with Crippen LogP contribution in [0.2, 0.25) is 0 Å². The average molecular weight is 328 g/mol. The fourth-order valence-electron chi connectivity index (χ4n) is 3.64. The van der Waals surface area contributed by atoms with Gasteiger partial charge in [0.1, 0.15) is 11.3 Å². The number of carbonyl (C=O) groups excluding carboxylic acids is 2. The molecular weight excluding hydrogens is 308 g/mol. The molecule has 1 atom stereocenters. The van der Waals surface area contributed by atoms with Crippen LogP contribution < -0.4 is 10.2 Å². The summed E-state index contributed by atoms with van der Waals surface area (Å²) in [4.78, 5) is 31.3. The van der Waals surface area contributed by atoms with Gasteiger partial charge in [-0.2, -0.15) is 0 Å². The molecule has 24 heavy (non-hydrogen) atoms. The number of nitrogens with one attached hydrogen (secondary N) is 1. The van der Waals surface area contributed by atoms with Gasteiger partial charge in [0.2, 0.25) is 12.3 Å². The molecule has 3 fully saturated rings. The smallest absolute Gasteiger partial charge is 0.270 e. The molecule has 2 amide bonds. The summed E-state index contributed by atoms with van der Waals surface area (Å²) < 4.78 is 5.62. The molecule has 1 unspecified atom stereocenters. The minimum absolute atomic E-state index is 0.169. The second-order valence-corrected chi connectivity index (χ2v) is 6.63. The topological polar surface area (TPSA) is 78.7 Å². The average Bonchev–Trinajstić information content (AvgIpc) is 3.05. The van der Waals surface area contributed by atoms with Crippen molar-refractivity contribution in [1.82, 2.24) is 15.2 Å². The number of carbonyl (C=O) groups is 2. The summed E-state index contributed by atoms with van der Waals surface area (Å²) in [6.45, 7) is 3.20. The van der Waals surface area contributed by atoms with E-state index in [0.717, 1.165) is 37.9 Å². The minimum atomic E-state index is -0.169. The number of furan rings is 1. The van der Waals surface area contributed by atoms with Crippen LogP contribution in [0, 0.1) is 5.92 Å². The summed E-state index contributed by atoms with van der Waals surface area (Å²) in [6, 6.07) is 3.56. The van der Waals surface area contributed by atoms with E-state index < -0.39 is 0 Å². The van der Waals surface area contributed by atoms with Crippen molar-refractivity contribution in [1.29, 1.82) is 0 Å². The number of fused-ring (bicyclic) bond motifs is 4. The van der Waals surface area contributed by atoms with E-state index in [1.807, 2.05) is 0 Å². The molecule has 0 aliphatic carbocycles. The van der Waals surface area contributed by atoms with Gasteiger partial charge >= 0.3 is 0 Å². The van der Waals surface area contributed by atoms with Crippen LogP contribution >= 0.6 is 0 Å². The second kappa shape index (κ2) is 5.90. The predicted molar refractivity (Wildman–Crippen MR) is 88.9 cm³/mol. The molecule has 7 nitrogen and oxygen atoms in total. The van der Waals surface area contributed by atoms with Crippen molar-refractivity contribution in [3.63, 3.8) is 0 Å². The lowest BCUT2D eigenvalue weighted by Gasteiger charge is -2.44. The number of hydrogen-bond acceptors (Lipinski definition) is 5. The van der Waals surface area contributed by atoms with Gasteiger partial charge in [-0.1, -0.05) is 0 Å². The van der Waals surface area contributed by atoms with Crippen molar-refractivity contribution >= 4 is 29.2 Å². The molecule has 0 radical (unpaired) electrons. The highest BCUT2D eigenvalue weighted by molar-refractivity contribution is 5.96. The fraction of sp³-hybridized carbons (Fsp3) is 0.471. The van der Waals surface area contributed by atoms with Crippen LogP contribution in [0.3, 0.4) is 0 Å². The summed E-state index contributed by atoms with van der Waals surface area (Å²) in [7, 11) is 1.61. The Labute approximate surface area is 139 Å². The molecule has 1 N–H and O–H groups in total. The van der Waals surface area contributed by atoms with Crippen LogP contribution in [-0.4, -0.2) is 54.9 Å². The number of aromatic nitrogens is 1. The molecule has 3 aliphatic rings. The van der Waals surface area contributed by atoms with Crippen LogP contribution in [0.4, 0.5) is 5.88 Å². The van der Waals surface area contributed by atoms with Crippen molar-refractivity contribution < 1.29 is 14.0 Å². The molecule has 5 heterocycles. The van der Waals surface area contributed by atoms with Gasteiger partial charge in [-0.3, -0.25) is 19.5 Å². The lowest BCUT2D eigenvalue weighted by molar-refractivity contribution is -0.107. The maximum absolute atomic E-state index is 12.5. The maximum atomic E-state index is 12.5. The number of nitrogens with zero attached hydrogens (tertiary/aromatic N) is 3. The van der Waals surface area contributed by atoms with E-state index in [1.165, 1.54) is 4.90 Å². The van der Waals surface area contributed by atoms with E-state index >= 15 is 0 Å². The van der Waals surface area contributed by atoms with Gasteiger partial charge in [0.05, 0.1) is 0 Å². The lowest BCUT2D eigenvalue weighted by atomic mass is 9.84. The zero-order valence-electron chi connectivity index (χ0n) is 13.6. The zero-order valence-corrected chi connectivity index (χ0v) is 13.6. The predicted octanol–water partition coefficient (Wildman–Crippen LogP) is 1.24. The van der Waals surface area contributed by atoms with E-state index in [9.17, 15) is 9.59 Å². The quantitative estimate of drug-likeness (QED) is 0.855. The first-order chi connectivity index (χ1) is 11.6. The fourth-order valence-corrected chi connectivity index (χ4v) is 3.64. The second-order valence-electron chi connectivity index (χ2n) is 6.63. The Bertz CT molecular complexity index is 779. The van der Waals surface area contributed by atoms with Gasteiger partial charge < -0.3 is 14.6 Å². The summed E-state index contributed by atoms with van der Waals surface area (Å²) >= 11 is 0. The molecule has 7 heteroatoms. The van der Waals surface area contributed by atoms with Crippen LogP contribution in [0.5, 0.6) is 0 Å². The van der Waals surface area contributed by atoms with Gasteiger partial charge in [-0.15, -0.1) is 0 Å². The van der Waals surface area contributed by atoms with Crippen molar-refractivity contribution in [2.24, 2.45) is 5.92 Å². The SMILES string of the molecule is CN(C=O)c1cc2cnc(C(=O)NC3CN4CCC3CC4)cc2o1. The van der Waals surface area contributed by atoms with Crippen LogP contribution in [-0.2, 0) is 4.79 Å². The minimum Gasteiger partial charge on any atom is -0.440 e. The number of amides is 2. The van der Waals surface area contributed by atoms with E-state index in [2.05, 4.69) is 15.2 Å². The number of pyridine rings is 1. The summed E-state index contributed by atoms with van der Waals surface area (Å²) in [5, 5.41) is 3.88. The Balaban J connectivity index is 1.52. The van der Waals surface area contributed by atoms with E-state index in [0.29, 0.717) is 29.5 Å². The maximum Gasteiger partial charge on any atom is 0.270 e. The van der Waals surface area contributed by atoms with Gasteiger partial charge in [0, 0.05) is 43.4 Å². The van der Waals surface area contributed by atoms with Crippen LogP contribution in [0.25, 0.3) is 11.0 Å². The third-order valence-corrected chi connectivity index (χ3v) is 5.10.